The van der Waals surface area contributed by atoms with E-state index in [2.05, 4.69) is 66.9 Å². The first-order chi connectivity index (χ1) is 45.2. The summed E-state index contributed by atoms with van der Waals surface area (Å²) in [5.41, 5.74) is 21.8. The molecule has 3 aliphatic heterocycles. The van der Waals surface area contributed by atoms with Crippen LogP contribution in [-0.2, 0) is 14.4 Å². The molecule has 0 spiro atoms. The van der Waals surface area contributed by atoms with Crippen molar-refractivity contribution in [2.45, 2.75) is 52.2 Å². The second-order valence-corrected chi connectivity index (χ2v) is 21.4. The lowest BCUT2D eigenvalue weighted by atomic mass is 10.1. The predicted octanol–water partition coefficient (Wildman–Crippen LogP) is 10.6. The highest BCUT2D eigenvalue weighted by Gasteiger charge is 2.33. The second kappa shape index (κ2) is 32.2. The molecule has 9 aromatic rings. The van der Waals surface area contributed by atoms with Crippen LogP contribution in [0.15, 0.2) is 202 Å². The number of hydrogen-bond donors (Lipinski definition) is 9. The number of primary amides is 3. The molecule has 3 atom stereocenters. The fourth-order valence-corrected chi connectivity index (χ4v) is 10.7. The molecule has 3 aliphatic rings. The topological polar surface area (TPSA) is 334 Å². The Bertz CT molecular complexity index is 3750. The summed E-state index contributed by atoms with van der Waals surface area (Å²) in [4.78, 5) is 71.5. The fourth-order valence-electron chi connectivity index (χ4n) is 10.7. The van der Waals surface area contributed by atoms with E-state index in [0.717, 1.165) is 53.2 Å². The summed E-state index contributed by atoms with van der Waals surface area (Å²) >= 11 is 0. The molecular formula is C71H77N15O9. The maximum Gasteiger partial charge on any atom is 0.254 e. The number of nitrogens with one attached hydrogen (secondary N) is 6. The zero-order chi connectivity index (χ0) is 65.4. The Morgan fingerprint density at radius 1 is 0.400 bits per heavy atom. The lowest BCUT2D eigenvalue weighted by Crippen LogP contribution is -2.34. The van der Waals surface area contributed by atoms with Gasteiger partial charge in [0.15, 0.2) is 0 Å². The highest BCUT2D eigenvalue weighted by Crippen LogP contribution is 2.39. The van der Waals surface area contributed by atoms with Gasteiger partial charge in [0.05, 0.1) is 18.1 Å². The molecule has 12 rings (SSSR count). The minimum atomic E-state index is -0.566. The molecule has 6 amide bonds. The Labute approximate surface area is 550 Å². The molecule has 3 aromatic heterocycles. The van der Waals surface area contributed by atoms with Gasteiger partial charge in [-0.3, -0.25) is 28.8 Å². The van der Waals surface area contributed by atoms with Crippen LogP contribution in [0, 0.1) is 0 Å². The highest BCUT2D eigenvalue weighted by atomic mass is 16.5. The van der Waals surface area contributed by atoms with E-state index >= 15 is 0 Å². The Morgan fingerprint density at radius 2 is 0.632 bits per heavy atom. The summed E-state index contributed by atoms with van der Waals surface area (Å²) in [7, 11) is 0. The Hall–Kier alpha value is -12.2. The average Bonchev–Trinajstić information content (AvgIpc) is 1.64. The monoisotopic (exact) mass is 1280 g/mol. The van der Waals surface area contributed by atoms with Gasteiger partial charge in [-0.25, -0.2) is 14.0 Å². The van der Waals surface area contributed by atoms with Crippen LogP contribution < -0.4 is 63.3 Å². The third kappa shape index (κ3) is 16.7. The SMILES string of the molecule is C.C.C=CC(=O)NCC1CCNc2c(C(N)=O)c(-c3ccc(Oc4ccccc4)cc3)nn21.C=CC(=O)NCC1CCNc2c(C(N)=O)c(-c3ccc(Oc4ccccc4)cc3)nn21.C=CC(=O)NCC1CCNc2c(C(N)=O)c(-c3ccc(Oc4ccccc4)cc3)nn21. The number of para-hydroxylation sites is 3. The van der Waals surface area contributed by atoms with Gasteiger partial charge < -0.3 is 63.3 Å². The van der Waals surface area contributed by atoms with Crippen molar-refractivity contribution < 1.29 is 43.0 Å². The Kier molecular flexibility index (Phi) is 23.3. The molecule has 3 unspecified atom stereocenters. The number of anilines is 3. The maximum atomic E-state index is 12.3. The summed E-state index contributed by atoms with van der Waals surface area (Å²) in [5, 5.41) is 32.1. The van der Waals surface area contributed by atoms with Crippen LogP contribution in [0.5, 0.6) is 34.5 Å². The van der Waals surface area contributed by atoms with E-state index in [1.807, 2.05) is 164 Å². The van der Waals surface area contributed by atoms with Gasteiger partial charge in [-0.15, -0.1) is 0 Å². The van der Waals surface area contributed by atoms with Crippen molar-refractivity contribution in [1.82, 2.24) is 45.3 Å². The number of fused-ring (bicyclic) bond motifs is 3. The number of ether oxygens (including phenoxy) is 3. The van der Waals surface area contributed by atoms with Crippen molar-refractivity contribution in [2.75, 3.05) is 55.2 Å². The third-order valence-corrected chi connectivity index (χ3v) is 15.2. The average molecular weight is 1280 g/mol. The highest BCUT2D eigenvalue weighted by molar-refractivity contribution is 6.05. The number of hydrogen-bond acceptors (Lipinski definition) is 15. The van der Waals surface area contributed by atoms with E-state index in [-0.39, 0.29) is 50.7 Å². The van der Waals surface area contributed by atoms with Gasteiger partial charge in [0, 0.05) is 56.0 Å². The summed E-state index contributed by atoms with van der Waals surface area (Å²) in [6.45, 7) is 13.5. The first-order valence-corrected chi connectivity index (χ1v) is 29.9. The fraction of sp³-hybridized carbons (Fsp3) is 0.197. The van der Waals surface area contributed by atoms with Crippen molar-refractivity contribution in [3.63, 3.8) is 0 Å². The molecule has 95 heavy (non-hydrogen) atoms. The summed E-state index contributed by atoms with van der Waals surface area (Å²) < 4.78 is 22.7. The van der Waals surface area contributed by atoms with Gasteiger partial charge >= 0.3 is 0 Å². The van der Waals surface area contributed by atoms with Gasteiger partial charge in [0.2, 0.25) is 17.7 Å². The smallest absolute Gasteiger partial charge is 0.254 e. The zero-order valence-electron chi connectivity index (χ0n) is 50.6. The van der Waals surface area contributed by atoms with Crippen LogP contribution in [0.3, 0.4) is 0 Å². The van der Waals surface area contributed by atoms with Crippen LogP contribution in [0.1, 0.15) is 83.3 Å². The predicted molar refractivity (Wildman–Crippen MR) is 368 cm³/mol. The minimum Gasteiger partial charge on any atom is -0.457 e. The summed E-state index contributed by atoms with van der Waals surface area (Å²) in [6.07, 6.45) is 5.91. The molecule has 0 bridgehead atoms. The second-order valence-electron chi connectivity index (χ2n) is 21.4. The molecule has 0 saturated carbocycles. The van der Waals surface area contributed by atoms with Gasteiger partial charge in [-0.2, -0.15) is 15.3 Å². The van der Waals surface area contributed by atoms with Crippen LogP contribution >= 0.6 is 0 Å². The lowest BCUT2D eigenvalue weighted by molar-refractivity contribution is -0.117. The number of nitrogens with two attached hydrogens (primary N) is 3. The van der Waals surface area contributed by atoms with E-state index in [0.29, 0.717) is 108 Å². The number of nitrogens with zero attached hydrogens (tertiary/aromatic N) is 6. The quantitative estimate of drug-likeness (QED) is 0.0302. The van der Waals surface area contributed by atoms with E-state index < -0.39 is 17.7 Å². The number of carbonyl (C=O) groups is 6. The number of benzene rings is 6. The van der Waals surface area contributed by atoms with Gasteiger partial charge in [0.1, 0.15) is 85.7 Å². The van der Waals surface area contributed by atoms with E-state index in [1.165, 1.54) is 18.2 Å². The number of aromatic nitrogens is 6. The molecular weight excluding hydrogens is 1210 g/mol. The van der Waals surface area contributed by atoms with E-state index in [4.69, 9.17) is 31.4 Å². The van der Waals surface area contributed by atoms with Crippen molar-refractivity contribution >= 4 is 52.9 Å². The molecule has 12 N–H and O–H groups in total. The molecule has 0 fully saturated rings. The molecule has 0 radical (unpaired) electrons. The van der Waals surface area contributed by atoms with E-state index in [9.17, 15) is 28.8 Å². The lowest BCUT2D eigenvalue weighted by Gasteiger charge is -2.26. The summed E-state index contributed by atoms with van der Waals surface area (Å²) in [5.74, 6) is 3.45. The Morgan fingerprint density at radius 3 is 0.853 bits per heavy atom. The zero-order valence-corrected chi connectivity index (χ0v) is 50.6. The van der Waals surface area contributed by atoms with Crippen LogP contribution in [0.25, 0.3) is 33.8 Å². The summed E-state index contributed by atoms with van der Waals surface area (Å²) in [6, 6.07) is 50.1. The standard InChI is InChI=1S/3C23H23N5O3.2CH4/c3*1-2-19(29)26-14-16-12-13-25-23-20(22(24)30)21(27-28(16)23)15-8-10-18(11-9-15)31-17-6-4-3-5-7-17;;/h3*2-11,16,25H,1,12-14H2,(H2,24,30)(H,26,29);2*1H4. The first kappa shape index (κ1) is 68.7. The van der Waals surface area contributed by atoms with Gasteiger partial charge in [-0.1, -0.05) is 89.2 Å². The van der Waals surface area contributed by atoms with Crippen LogP contribution in [0.4, 0.5) is 17.5 Å². The molecule has 24 heteroatoms. The largest absolute Gasteiger partial charge is 0.457 e. The molecule has 0 saturated heterocycles. The van der Waals surface area contributed by atoms with E-state index in [1.54, 1.807) is 14.0 Å². The first-order valence-electron chi connectivity index (χ1n) is 29.9. The van der Waals surface area contributed by atoms with Gasteiger partial charge in [-0.05, 0) is 147 Å². The molecule has 24 nitrogen and oxygen atoms in total. The van der Waals surface area contributed by atoms with Crippen LogP contribution in [-0.4, -0.2) is 104 Å². The number of amides is 6. The Balaban J connectivity index is 0.000000181. The number of carbonyl (C=O) groups excluding carboxylic acids is 6. The van der Waals surface area contributed by atoms with Crippen LogP contribution in [0.2, 0.25) is 0 Å². The molecule has 490 valence electrons. The van der Waals surface area contributed by atoms with Crippen molar-refractivity contribution in [1.29, 1.82) is 0 Å². The van der Waals surface area contributed by atoms with Gasteiger partial charge in [0.25, 0.3) is 17.7 Å². The molecule has 6 heterocycles. The number of rotatable bonds is 21. The minimum absolute atomic E-state index is 0. The molecule has 0 aliphatic carbocycles. The van der Waals surface area contributed by atoms with Crippen molar-refractivity contribution in [2.24, 2.45) is 17.2 Å². The van der Waals surface area contributed by atoms with Crippen molar-refractivity contribution in [3.8, 4) is 68.3 Å². The normalized spacial score (nSPS) is 14.5. The third-order valence-electron chi connectivity index (χ3n) is 15.2. The van der Waals surface area contributed by atoms with Crippen molar-refractivity contribution in [3.05, 3.63) is 218 Å². The molecule has 6 aromatic carbocycles. The maximum absolute atomic E-state index is 12.3.